The largest absolute Gasteiger partial charge is 0.339 e. The van der Waals surface area contributed by atoms with Crippen molar-refractivity contribution in [3.8, 4) is 11.4 Å². The standard InChI is InChI=1S/C19H15ClFN3O2/c1-11-7-15(5-6-16(11)21)24-10-13(9-17(24)25)19-22-18(23-26-19)12-3-2-4-14(20)8-12/h2-8,13H,9-10H2,1H3. The van der Waals surface area contributed by atoms with Crippen LogP contribution in [0, 0.1) is 12.7 Å². The summed E-state index contributed by atoms with van der Waals surface area (Å²) in [5.74, 6) is 0.303. The Morgan fingerprint density at radius 3 is 2.88 bits per heavy atom. The molecule has 3 aromatic rings. The van der Waals surface area contributed by atoms with Crippen LogP contribution in [0.5, 0.6) is 0 Å². The van der Waals surface area contributed by atoms with Gasteiger partial charge in [0.05, 0.1) is 5.92 Å². The molecule has 1 atom stereocenters. The van der Waals surface area contributed by atoms with Crippen molar-refractivity contribution in [2.75, 3.05) is 11.4 Å². The second-order valence-electron chi connectivity index (χ2n) is 6.31. The molecule has 2 aromatic carbocycles. The Balaban J connectivity index is 1.56. The lowest BCUT2D eigenvalue weighted by Crippen LogP contribution is -2.24. The van der Waals surface area contributed by atoms with Crippen molar-refractivity contribution in [1.29, 1.82) is 0 Å². The molecule has 1 aromatic heterocycles. The summed E-state index contributed by atoms with van der Waals surface area (Å²) in [5.41, 5.74) is 1.92. The van der Waals surface area contributed by atoms with Crippen LogP contribution in [0.1, 0.15) is 23.8 Å². The first-order valence-corrected chi connectivity index (χ1v) is 8.55. The van der Waals surface area contributed by atoms with E-state index in [-0.39, 0.29) is 24.1 Å². The van der Waals surface area contributed by atoms with Gasteiger partial charge >= 0.3 is 0 Å². The van der Waals surface area contributed by atoms with Gasteiger partial charge in [0.1, 0.15) is 5.82 Å². The number of anilines is 1. The van der Waals surface area contributed by atoms with Gasteiger partial charge in [-0.25, -0.2) is 4.39 Å². The normalized spacial score (nSPS) is 17.1. The number of benzene rings is 2. The summed E-state index contributed by atoms with van der Waals surface area (Å²) in [6.07, 6.45) is 0.271. The van der Waals surface area contributed by atoms with Crippen LogP contribution in [-0.2, 0) is 4.79 Å². The molecular formula is C19H15ClFN3O2. The number of amides is 1. The molecule has 1 aliphatic heterocycles. The van der Waals surface area contributed by atoms with E-state index >= 15 is 0 Å². The summed E-state index contributed by atoms with van der Waals surface area (Å²) < 4.78 is 18.8. The van der Waals surface area contributed by atoms with Crippen molar-refractivity contribution in [3.05, 3.63) is 64.8 Å². The minimum absolute atomic E-state index is 0.0523. The predicted octanol–water partition coefficient (Wildman–Crippen LogP) is 4.36. The first-order chi connectivity index (χ1) is 12.5. The molecule has 1 amide bonds. The van der Waals surface area contributed by atoms with Crippen molar-refractivity contribution in [2.24, 2.45) is 0 Å². The highest BCUT2D eigenvalue weighted by Crippen LogP contribution is 2.32. The number of aromatic nitrogens is 2. The summed E-state index contributed by atoms with van der Waals surface area (Å²) in [4.78, 5) is 18.4. The van der Waals surface area contributed by atoms with Crippen molar-refractivity contribution >= 4 is 23.2 Å². The lowest BCUT2D eigenvalue weighted by atomic mass is 10.1. The van der Waals surface area contributed by atoms with Crippen LogP contribution < -0.4 is 4.90 Å². The molecule has 1 saturated heterocycles. The summed E-state index contributed by atoms with van der Waals surface area (Å²) in [5, 5.41) is 4.58. The number of hydrogen-bond acceptors (Lipinski definition) is 4. The molecule has 0 spiro atoms. The van der Waals surface area contributed by atoms with Crippen LogP contribution in [0.25, 0.3) is 11.4 Å². The van der Waals surface area contributed by atoms with E-state index in [9.17, 15) is 9.18 Å². The predicted molar refractivity (Wildman–Crippen MR) is 95.6 cm³/mol. The highest BCUT2D eigenvalue weighted by molar-refractivity contribution is 6.30. The molecule has 1 fully saturated rings. The smallest absolute Gasteiger partial charge is 0.232 e. The van der Waals surface area contributed by atoms with Gasteiger partial charge in [-0.05, 0) is 42.8 Å². The molecule has 1 unspecified atom stereocenters. The van der Waals surface area contributed by atoms with Crippen LogP contribution in [0.4, 0.5) is 10.1 Å². The zero-order valence-corrected chi connectivity index (χ0v) is 14.7. The summed E-state index contributed by atoms with van der Waals surface area (Å²) >= 11 is 5.99. The van der Waals surface area contributed by atoms with Crippen LogP contribution >= 0.6 is 11.6 Å². The van der Waals surface area contributed by atoms with E-state index in [1.165, 1.54) is 6.07 Å². The van der Waals surface area contributed by atoms with Gasteiger partial charge in [-0.15, -0.1) is 0 Å². The van der Waals surface area contributed by atoms with E-state index in [2.05, 4.69) is 10.1 Å². The van der Waals surface area contributed by atoms with Crippen molar-refractivity contribution in [3.63, 3.8) is 0 Å². The second-order valence-corrected chi connectivity index (χ2v) is 6.74. The van der Waals surface area contributed by atoms with Crippen LogP contribution in [0.3, 0.4) is 0 Å². The Morgan fingerprint density at radius 2 is 2.12 bits per heavy atom. The zero-order chi connectivity index (χ0) is 18.3. The lowest BCUT2D eigenvalue weighted by molar-refractivity contribution is -0.117. The number of nitrogens with zero attached hydrogens (tertiary/aromatic N) is 3. The van der Waals surface area contributed by atoms with E-state index in [1.807, 2.05) is 12.1 Å². The van der Waals surface area contributed by atoms with Gasteiger partial charge in [0, 0.05) is 29.2 Å². The van der Waals surface area contributed by atoms with Gasteiger partial charge in [0.2, 0.25) is 17.6 Å². The molecule has 26 heavy (non-hydrogen) atoms. The third kappa shape index (κ3) is 3.08. The monoisotopic (exact) mass is 371 g/mol. The Kier molecular flexibility index (Phi) is 4.20. The van der Waals surface area contributed by atoms with Gasteiger partial charge in [-0.3, -0.25) is 4.79 Å². The third-order valence-corrected chi connectivity index (χ3v) is 4.69. The average Bonchev–Trinajstić information content (AvgIpc) is 3.24. The SMILES string of the molecule is Cc1cc(N2CC(c3nc(-c4cccc(Cl)c4)no3)CC2=O)ccc1F. The Labute approximate surface area is 154 Å². The maximum atomic E-state index is 13.5. The molecule has 0 N–H and O–H groups in total. The van der Waals surface area contributed by atoms with Crippen LogP contribution in [0.2, 0.25) is 5.02 Å². The van der Waals surface area contributed by atoms with E-state index < -0.39 is 0 Å². The number of carbonyl (C=O) groups excluding carboxylic acids is 1. The molecule has 0 saturated carbocycles. The summed E-state index contributed by atoms with van der Waals surface area (Å²) in [6.45, 7) is 2.09. The molecule has 2 heterocycles. The molecule has 132 valence electrons. The number of carbonyl (C=O) groups is 1. The lowest BCUT2D eigenvalue weighted by Gasteiger charge is -2.16. The van der Waals surface area contributed by atoms with Crippen molar-refractivity contribution < 1.29 is 13.7 Å². The molecule has 4 rings (SSSR count). The fraction of sp³-hybridized carbons (Fsp3) is 0.211. The van der Waals surface area contributed by atoms with Gasteiger partial charge in [-0.1, -0.05) is 28.9 Å². The molecular weight excluding hydrogens is 357 g/mol. The first kappa shape index (κ1) is 16.7. The van der Waals surface area contributed by atoms with Crippen molar-refractivity contribution in [2.45, 2.75) is 19.3 Å². The van der Waals surface area contributed by atoms with Gasteiger partial charge in [0.15, 0.2) is 0 Å². The van der Waals surface area contributed by atoms with E-state index in [1.54, 1.807) is 36.1 Å². The van der Waals surface area contributed by atoms with Crippen LogP contribution in [0.15, 0.2) is 47.0 Å². The van der Waals surface area contributed by atoms with Crippen LogP contribution in [-0.4, -0.2) is 22.6 Å². The second kappa shape index (κ2) is 6.53. The fourth-order valence-electron chi connectivity index (χ4n) is 3.07. The number of hydrogen-bond donors (Lipinski definition) is 0. The number of aryl methyl sites for hydroxylation is 1. The number of rotatable bonds is 3. The van der Waals surface area contributed by atoms with Gasteiger partial charge in [-0.2, -0.15) is 4.98 Å². The van der Waals surface area contributed by atoms with Gasteiger partial charge < -0.3 is 9.42 Å². The topological polar surface area (TPSA) is 59.2 Å². The first-order valence-electron chi connectivity index (χ1n) is 8.17. The maximum Gasteiger partial charge on any atom is 0.232 e. The number of halogens is 2. The molecule has 1 aliphatic rings. The summed E-state index contributed by atoms with van der Waals surface area (Å²) in [6, 6.07) is 11.8. The van der Waals surface area contributed by atoms with E-state index in [0.717, 1.165) is 5.56 Å². The fourth-order valence-corrected chi connectivity index (χ4v) is 3.26. The average molecular weight is 372 g/mol. The molecule has 7 heteroatoms. The minimum Gasteiger partial charge on any atom is -0.339 e. The molecule has 0 aliphatic carbocycles. The molecule has 0 radical (unpaired) electrons. The van der Waals surface area contributed by atoms with E-state index in [0.29, 0.717) is 34.5 Å². The quantitative estimate of drug-likeness (QED) is 0.686. The Morgan fingerprint density at radius 1 is 1.27 bits per heavy atom. The highest BCUT2D eigenvalue weighted by Gasteiger charge is 2.35. The Bertz CT molecular complexity index is 988. The Hall–Kier alpha value is -2.73. The highest BCUT2D eigenvalue weighted by atomic mass is 35.5. The minimum atomic E-state index is -0.292. The van der Waals surface area contributed by atoms with Gasteiger partial charge in [0.25, 0.3) is 0 Å². The van der Waals surface area contributed by atoms with Crippen molar-refractivity contribution in [1.82, 2.24) is 10.1 Å². The summed E-state index contributed by atoms with van der Waals surface area (Å²) in [7, 11) is 0. The zero-order valence-electron chi connectivity index (χ0n) is 13.9. The molecule has 0 bridgehead atoms. The third-order valence-electron chi connectivity index (χ3n) is 4.45. The van der Waals surface area contributed by atoms with E-state index in [4.69, 9.17) is 16.1 Å². The maximum absolute atomic E-state index is 13.5. The molecule has 5 nitrogen and oxygen atoms in total.